The summed E-state index contributed by atoms with van der Waals surface area (Å²) >= 11 is 0. The van der Waals surface area contributed by atoms with Gasteiger partial charge in [-0.25, -0.2) is 9.97 Å². The summed E-state index contributed by atoms with van der Waals surface area (Å²) in [4.78, 5) is 14.5. The summed E-state index contributed by atoms with van der Waals surface area (Å²) in [6.07, 6.45) is 5.63. The van der Waals surface area contributed by atoms with Crippen LogP contribution in [0.3, 0.4) is 0 Å². The number of aromatic nitrogens is 4. The van der Waals surface area contributed by atoms with E-state index in [1.54, 1.807) is 0 Å². The molecule has 0 spiro atoms. The maximum atomic E-state index is 5.07. The topological polar surface area (TPSA) is 43.1 Å². The van der Waals surface area contributed by atoms with Crippen LogP contribution >= 0.6 is 0 Å². The van der Waals surface area contributed by atoms with Crippen molar-refractivity contribution in [1.29, 1.82) is 0 Å². The summed E-state index contributed by atoms with van der Waals surface area (Å²) in [6, 6.07) is 26.3. The lowest BCUT2D eigenvalue weighted by molar-refractivity contribution is 1.24. The quantitative estimate of drug-likeness (QED) is 0.243. The zero-order valence-electron chi connectivity index (χ0n) is 18.8. The Hall–Kier alpha value is -4.57. The van der Waals surface area contributed by atoms with Crippen LogP contribution in [0.25, 0.3) is 60.9 Å². The van der Waals surface area contributed by atoms with E-state index in [0.717, 1.165) is 46.1 Å². The lowest BCUT2D eigenvalue weighted by Crippen LogP contribution is -1.96. The Kier molecular flexibility index (Phi) is 3.11. The smallest absolute Gasteiger partial charge is 0.178 e. The number of benzene rings is 3. The second-order valence-corrected chi connectivity index (χ2v) is 9.64. The van der Waals surface area contributed by atoms with Crippen molar-refractivity contribution in [3.05, 3.63) is 107 Å². The molecule has 3 aromatic carbocycles. The van der Waals surface area contributed by atoms with E-state index in [1.807, 2.05) is 24.5 Å². The van der Waals surface area contributed by atoms with Gasteiger partial charge in [0.2, 0.25) is 0 Å². The Bertz CT molecular complexity index is 2070. The highest BCUT2D eigenvalue weighted by molar-refractivity contribution is 6.15. The van der Waals surface area contributed by atoms with Gasteiger partial charge < -0.3 is 0 Å². The molecule has 0 saturated heterocycles. The van der Waals surface area contributed by atoms with Crippen molar-refractivity contribution >= 4 is 38.6 Å². The highest BCUT2D eigenvalue weighted by Crippen LogP contribution is 2.50. The molecule has 0 bridgehead atoms. The minimum atomic E-state index is 0.771. The van der Waals surface area contributed by atoms with Gasteiger partial charge >= 0.3 is 0 Å². The van der Waals surface area contributed by atoms with E-state index in [-0.39, 0.29) is 0 Å². The van der Waals surface area contributed by atoms with Crippen molar-refractivity contribution in [2.75, 3.05) is 0 Å². The Morgan fingerprint density at radius 1 is 0.629 bits per heavy atom. The SMILES string of the molecule is c1ccc2c(c1)Cc1ccc3c(c1-2)Cc1c-3ccc2c3ncccc3n3c4cccnc4nc3c12. The van der Waals surface area contributed by atoms with Crippen molar-refractivity contribution in [3.8, 4) is 22.3 Å². The van der Waals surface area contributed by atoms with Gasteiger partial charge in [-0.15, -0.1) is 0 Å². The first-order chi connectivity index (χ1) is 17.4. The Labute approximate surface area is 200 Å². The fraction of sp³-hybridized carbons (Fsp3) is 0.0645. The van der Waals surface area contributed by atoms with Crippen molar-refractivity contribution in [2.45, 2.75) is 12.8 Å². The number of pyridine rings is 3. The summed E-state index contributed by atoms with van der Waals surface area (Å²) in [6.45, 7) is 0. The van der Waals surface area contributed by atoms with Crippen LogP contribution in [0.5, 0.6) is 0 Å². The summed E-state index contributed by atoms with van der Waals surface area (Å²) in [5, 5.41) is 2.36. The molecule has 0 radical (unpaired) electrons. The van der Waals surface area contributed by atoms with Crippen molar-refractivity contribution in [1.82, 2.24) is 19.4 Å². The summed E-state index contributed by atoms with van der Waals surface area (Å²) in [5.74, 6) is 0. The molecule has 9 rings (SSSR count). The molecule has 0 N–H and O–H groups in total. The predicted octanol–water partition coefficient (Wildman–Crippen LogP) is 6.73. The lowest BCUT2D eigenvalue weighted by Gasteiger charge is -2.11. The fourth-order valence-corrected chi connectivity index (χ4v) is 6.56. The van der Waals surface area contributed by atoms with E-state index in [9.17, 15) is 0 Å². The van der Waals surface area contributed by atoms with E-state index >= 15 is 0 Å². The Morgan fingerprint density at radius 2 is 1.46 bits per heavy atom. The molecule has 4 nitrogen and oxygen atoms in total. The highest BCUT2D eigenvalue weighted by Gasteiger charge is 2.30. The summed E-state index contributed by atoms with van der Waals surface area (Å²) in [5.41, 5.74) is 16.0. The van der Waals surface area contributed by atoms with Gasteiger partial charge in [0.25, 0.3) is 0 Å². The lowest BCUT2D eigenvalue weighted by atomic mass is 9.95. The van der Waals surface area contributed by atoms with Gasteiger partial charge in [0, 0.05) is 29.6 Å². The zero-order valence-corrected chi connectivity index (χ0v) is 18.8. The van der Waals surface area contributed by atoms with E-state index < -0.39 is 0 Å². The average Bonchev–Trinajstić information content (AvgIpc) is 3.59. The van der Waals surface area contributed by atoms with Crippen LogP contribution in [-0.2, 0) is 12.8 Å². The van der Waals surface area contributed by atoms with Crippen LogP contribution in [-0.4, -0.2) is 19.4 Å². The van der Waals surface area contributed by atoms with Gasteiger partial charge in [-0.05, 0) is 75.2 Å². The van der Waals surface area contributed by atoms with Crippen molar-refractivity contribution in [2.24, 2.45) is 0 Å². The maximum absolute atomic E-state index is 5.07. The number of rotatable bonds is 0. The van der Waals surface area contributed by atoms with Crippen LogP contribution in [0, 0.1) is 0 Å². The van der Waals surface area contributed by atoms with Crippen LogP contribution < -0.4 is 0 Å². The van der Waals surface area contributed by atoms with Gasteiger partial charge in [-0.2, -0.15) is 0 Å². The van der Waals surface area contributed by atoms with Gasteiger partial charge in [0.05, 0.1) is 16.6 Å². The zero-order chi connectivity index (χ0) is 22.7. The number of hydrogen-bond acceptors (Lipinski definition) is 3. The average molecular weight is 447 g/mol. The Morgan fingerprint density at radius 3 is 2.43 bits per heavy atom. The second kappa shape index (κ2) is 6.10. The minimum Gasteiger partial charge on any atom is -0.288 e. The Balaban J connectivity index is 1.44. The molecule has 2 aliphatic rings. The summed E-state index contributed by atoms with van der Waals surface area (Å²) in [7, 11) is 0. The first-order valence-electron chi connectivity index (χ1n) is 12.1. The molecule has 4 heterocycles. The minimum absolute atomic E-state index is 0.771. The third kappa shape index (κ3) is 2.11. The molecule has 35 heavy (non-hydrogen) atoms. The van der Waals surface area contributed by atoms with Crippen LogP contribution in [0.2, 0.25) is 0 Å². The van der Waals surface area contributed by atoms with Crippen LogP contribution in [0.4, 0.5) is 0 Å². The fourth-order valence-electron chi connectivity index (χ4n) is 6.56. The van der Waals surface area contributed by atoms with E-state index in [1.165, 1.54) is 49.9 Å². The molecule has 162 valence electrons. The molecule has 4 aromatic heterocycles. The molecular weight excluding hydrogens is 428 g/mol. The van der Waals surface area contributed by atoms with Crippen LogP contribution in [0.15, 0.2) is 85.2 Å². The second-order valence-electron chi connectivity index (χ2n) is 9.64. The monoisotopic (exact) mass is 446 g/mol. The molecule has 0 amide bonds. The third-order valence-electron chi connectivity index (χ3n) is 7.96. The molecule has 2 aliphatic carbocycles. The van der Waals surface area contributed by atoms with Crippen LogP contribution in [0.1, 0.15) is 22.3 Å². The number of fused-ring (bicyclic) bond motifs is 16. The molecule has 4 heteroatoms. The van der Waals surface area contributed by atoms with Gasteiger partial charge in [0.1, 0.15) is 5.65 Å². The number of nitrogens with zero attached hydrogens (tertiary/aromatic N) is 4. The number of hydrogen-bond donors (Lipinski definition) is 0. The standard InChI is InChI=1S/C31H18N4/c1-2-6-19-17(5-1)15-18-9-10-20-21-11-12-22-28(24(21)16-23(20)27(18)19)31-34-30-26(8-4-14-33-30)35(31)25-7-3-13-32-29(22)25/h1-14H,15-16H2. The van der Waals surface area contributed by atoms with Crippen molar-refractivity contribution < 1.29 is 0 Å². The first kappa shape index (κ1) is 17.8. The highest BCUT2D eigenvalue weighted by atomic mass is 15.1. The molecular formula is C31H18N4. The maximum Gasteiger partial charge on any atom is 0.178 e. The first-order valence-corrected chi connectivity index (χ1v) is 12.1. The predicted molar refractivity (Wildman–Crippen MR) is 140 cm³/mol. The molecule has 0 unspecified atom stereocenters. The molecule has 7 aromatic rings. The molecule has 0 fully saturated rings. The largest absolute Gasteiger partial charge is 0.288 e. The van der Waals surface area contributed by atoms with E-state index in [4.69, 9.17) is 9.97 Å². The molecule has 0 aliphatic heterocycles. The van der Waals surface area contributed by atoms with Crippen molar-refractivity contribution in [3.63, 3.8) is 0 Å². The van der Waals surface area contributed by atoms with Gasteiger partial charge in [-0.3, -0.25) is 9.38 Å². The normalized spacial score (nSPS) is 13.5. The van der Waals surface area contributed by atoms with Gasteiger partial charge in [-0.1, -0.05) is 48.5 Å². The van der Waals surface area contributed by atoms with E-state index in [0.29, 0.717) is 0 Å². The molecule has 0 atom stereocenters. The third-order valence-corrected chi connectivity index (χ3v) is 7.96. The van der Waals surface area contributed by atoms with Gasteiger partial charge in [0.15, 0.2) is 5.65 Å². The molecule has 0 saturated carbocycles. The van der Waals surface area contributed by atoms with E-state index in [2.05, 4.69) is 70.0 Å². The summed E-state index contributed by atoms with van der Waals surface area (Å²) < 4.78 is 2.25. The number of imidazole rings is 1.